The fraction of sp³-hybridized carbons (Fsp3) is 0.917. The summed E-state index contributed by atoms with van der Waals surface area (Å²) in [5.41, 5.74) is 0.0140. The van der Waals surface area contributed by atoms with Gasteiger partial charge in [-0.25, -0.2) is 0 Å². The lowest BCUT2D eigenvalue weighted by atomic mass is 9.78. The third-order valence-corrected chi connectivity index (χ3v) is 3.75. The molecule has 2 rings (SSSR count). The van der Waals surface area contributed by atoms with E-state index in [1.54, 1.807) is 0 Å². The molecule has 0 bridgehead atoms. The SMILES string of the molecule is CC(C)CN1CCC2(CCNCC2)C1=O. The van der Waals surface area contributed by atoms with E-state index in [0.29, 0.717) is 11.8 Å². The lowest BCUT2D eigenvalue weighted by Crippen LogP contribution is -2.43. The monoisotopic (exact) mass is 210 g/mol. The fourth-order valence-corrected chi connectivity index (χ4v) is 2.88. The molecule has 2 fully saturated rings. The minimum absolute atomic E-state index is 0.0140. The molecule has 3 nitrogen and oxygen atoms in total. The van der Waals surface area contributed by atoms with Crippen LogP contribution in [-0.4, -0.2) is 37.0 Å². The van der Waals surface area contributed by atoms with Crippen molar-refractivity contribution in [2.75, 3.05) is 26.2 Å². The largest absolute Gasteiger partial charge is 0.342 e. The molecule has 86 valence electrons. The topological polar surface area (TPSA) is 32.3 Å². The first kappa shape index (κ1) is 10.9. The Morgan fingerprint density at radius 3 is 2.60 bits per heavy atom. The molecule has 0 aromatic heterocycles. The summed E-state index contributed by atoms with van der Waals surface area (Å²) in [7, 11) is 0. The van der Waals surface area contributed by atoms with Crippen LogP contribution in [0, 0.1) is 11.3 Å². The normalized spacial score (nSPS) is 25.5. The van der Waals surface area contributed by atoms with E-state index in [0.717, 1.165) is 45.4 Å². The van der Waals surface area contributed by atoms with Crippen molar-refractivity contribution in [2.24, 2.45) is 11.3 Å². The third-order valence-electron chi connectivity index (χ3n) is 3.75. The van der Waals surface area contributed by atoms with Gasteiger partial charge in [0.1, 0.15) is 0 Å². The molecule has 0 aromatic carbocycles. The van der Waals surface area contributed by atoms with Crippen LogP contribution in [0.3, 0.4) is 0 Å². The van der Waals surface area contributed by atoms with Crippen molar-refractivity contribution >= 4 is 5.91 Å². The number of carbonyl (C=O) groups is 1. The standard InChI is InChI=1S/C12H22N2O/c1-10(2)9-14-8-5-12(11(14)15)3-6-13-7-4-12/h10,13H,3-9H2,1-2H3. The van der Waals surface area contributed by atoms with Gasteiger partial charge < -0.3 is 10.2 Å². The summed E-state index contributed by atoms with van der Waals surface area (Å²) in [6.45, 7) is 8.31. The highest BCUT2D eigenvalue weighted by molar-refractivity contribution is 5.85. The van der Waals surface area contributed by atoms with Gasteiger partial charge in [0, 0.05) is 13.1 Å². The number of nitrogens with zero attached hydrogens (tertiary/aromatic N) is 1. The van der Waals surface area contributed by atoms with Gasteiger partial charge in [-0.05, 0) is 38.3 Å². The predicted octanol–water partition coefficient (Wildman–Crippen LogP) is 1.24. The first-order valence-electron chi connectivity index (χ1n) is 6.14. The number of hydrogen-bond donors (Lipinski definition) is 1. The molecule has 15 heavy (non-hydrogen) atoms. The van der Waals surface area contributed by atoms with Gasteiger partial charge in [0.05, 0.1) is 5.41 Å². The van der Waals surface area contributed by atoms with Gasteiger partial charge in [0.15, 0.2) is 0 Å². The van der Waals surface area contributed by atoms with Crippen molar-refractivity contribution in [3.05, 3.63) is 0 Å². The van der Waals surface area contributed by atoms with Crippen molar-refractivity contribution in [3.8, 4) is 0 Å². The molecule has 2 saturated heterocycles. The van der Waals surface area contributed by atoms with E-state index in [2.05, 4.69) is 24.1 Å². The van der Waals surface area contributed by atoms with Crippen LogP contribution in [0.4, 0.5) is 0 Å². The second-order valence-corrected chi connectivity index (χ2v) is 5.43. The van der Waals surface area contributed by atoms with E-state index >= 15 is 0 Å². The van der Waals surface area contributed by atoms with Crippen LogP contribution in [0.25, 0.3) is 0 Å². The Kier molecular flexibility index (Phi) is 3.01. The van der Waals surface area contributed by atoms with E-state index < -0.39 is 0 Å². The zero-order chi connectivity index (χ0) is 10.9. The lowest BCUT2D eigenvalue weighted by Gasteiger charge is -2.32. The lowest BCUT2D eigenvalue weighted by molar-refractivity contribution is -0.137. The van der Waals surface area contributed by atoms with Crippen LogP contribution >= 0.6 is 0 Å². The summed E-state index contributed by atoms with van der Waals surface area (Å²) in [6, 6.07) is 0. The second-order valence-electron chi connectivity index (χ2n) is 5.43. The van der Waals surface area contributed by atoms with Gasteiger partial charge in [-0.1, -0.05) is 13.8 Å². The predicted molar refractivity (Wildman–Crippen MR) is 60.6 cm³/mol. The number of piperidine rings is 1. The molecule has 0 unspecified atom stereocenters. The third kappa shape index (κ3) is 2.03. The summed E-state index contributed by atoms with van der Waals surface area (Å²) in [6.07, 6.45) is 3.17. The van der Waals surface area contributed by atoms with Gasteiger partial charge in [0.2, 0.25) is 5.91 Å². The van der Waals surface area contributed by atoms with Gasteiger partial charge in [-0.15, -0.1) is 0 Å². The molecule has 1 spiro atoms. The Morgan fingerprint density at radius 2 is 2.00 bits per heavy atom. The number of nitrogens with one attached hydrogen (secondary N) is 1. The number of rotatable bonds is 2. The van der Waals surface area contributed by atoms with E-state index in [9.17, 15) is 4.79 Å². The second kappa shape index (κ2) is 4.12. The zero-order valence-electron chi connectivity index (χ0n) is 9.88. The van der Waals surface area contributed by atoms with Crippen LogP contribution in [0.2, 0.25) is 0 Å². The Balaban J connectivity index is 2.02. The van der Waals surface area contributed by atoms with Crippen LogP contribution in [-0.2, 0) is 4.79 Å². The Bertz CT molecular complexity index is 244. The molecule has 3 heteroatoms. The fourth-order valence-electron chi connectivity index (χ4n) is 2.88. The molecule has 0 radical (unpaired) electrons. The molecule has 2 aliphatic rings. The minimum Gasteiger partial charge on any atom is -0.342 e. The molecule has 0 atom stereocenters. The quantitative estimate of drug-likeness (QED) is 0.744. The number of amides is 1. The summed E-state index contributed by atoms with van der Waals surface area (Å²) in [4.78, 5) is 14.4. The van der Waals surface area contributed by atoms with Gasteiger partial charge in [-0.2, -0.15) is 0 Å². The van der Waals surface area contributed by atoms with Crippen LogP contribution in [0.5, 0.6) is 0 Å². The van der Waals surface area contributed by atoms with Crippen LogP contribution in [0.1, 0.15) is 33.1 Å². The highest BCUT2D eigenvalue weighted by Crippen LogP contribution is 2.39. The molecule has 2 aliphatic heterocycles. The Morgan fingerprint density at radius 1 is 1.33 bits per heavy atom. The van der Waals surface area contributed by atoms with Crippen LogP contribution in [0.15, 0.2) is 0 Å². The molecule has 1 amide bonds. The number of carbonyl (C=O) groups excluding carboxylic acids is 1. The maximum absolute atomic E-state index is 12.3. The average Bonchev–Trinajstić information content (AvgIpc) is 2.48. The molecule has 0 saturated carbocycles. The zero-order valence-corrected chi connectivity index (χ0v) is 9.88. The highest BCUT2D eigenvalue weighted by atomic mass is 16.2. The van der Waals surface area contributed by atoms with Gasteiger partial charge in [-0.3, -0.25) is 4.79 Å². The average molecular weight is 210 g/mol. The van der Waals surface area contributed by atoms with E-state index in [1.807, 2.05) is 0 Å². The van der Waals surface area contributed by atoms with E-state index in [-0.39, 0.29) is 5.41 Å². The molecule has 0 aliphatic carbocycles. The molecular formula is C12H22N2O. The van der Waals surface area contributed by atoms with Gasteiger partial charge in [0.25, 0.3) is 0 Å². The van der Waals surface area contributed by atoms with Crippen molar-refractivity contribution in [3.63, 3.8) is 0 Å². The molecule has 0 aromatic rings. The summed E-state index contributed by atoms with van der Waals surface area (Å²) in [5.74, 6) is 1.02. The molecule has 2 heterocycles. The van der Waals surface area contributed by atoms with Crippen molar-refractivity contribution in [1.82, 2.24) is 10.2 Å². The minimum atomic E-state index is 0.0140. The van der Waals surface area contributed by atoms with Gasteiger partial charge >= 0.3 is 0 Å². The first-order valence-corrected chi connectivity index (χ1v) is 6.14. The van der Waals surface area contributed by atoms with E-state index in [4.69, 9.17) is 0 Å². The molecular weight excluding hydrogens is 188 g/mol. The molecule has 1 N–H and O–H groups in total. The Labute approximate surface area is 92.2 Å². The summed E-state index contributed by atoms with van der Waals surface area (Å²) < 4.78 is 0. The highest BCUT2D eigenvalue weighted by Gasteiger charge is 2.46. The van der Waals surface area contributed by atoms with Crippen LogP contribution < -0.4 is 5.32 Å². The van der Waals surface area contributed by atoms with Crippen molar-refractivity contribution < 1.29 is 4.79 Å². The number of hydrogen-bond acceptors (Lipinski definition) is 2. The number of likely N-dealkylation sites (tertiary alicyclic amines) is 1. The van der Waals surface area contributed by atoms with Crippen molar-refractivity contribution in [1.29, 1.82) is 0 Å². The maximum atomic E-state index is 12.3. The van der Waals surface area contributed by atoms with E-state index in [1.165, 1.54) is 0 Å². The smallest absolute Gasteiger partial charge is 0.228 e. The maximum Gasteiger partial charge on any atom is 0.228 e. The van der Waals surface area contributed by atoms with Crippen molar-refractivity contribution in [2.45, 2.75) is 33.1 Å². The summed E-state index contributed by atoms with van der Waals surface area (Å²) >= 11 is 0. The Hall–Kier alpha value is -0.570. The first-order chi connectivity index (χ1) is 7.14. The summed E-state index contributed by atoms with van der Waals surface area (Å²) in [5, 5.41) is 3.34.